The molecule has 0 saturated heterocycles. The largest absolute Gasteiger partial charge is 0.394 e. The molecule has 1 atom stereocenters. The van der Waals surface area contributed by atoms with E-state index in [1.54, 1.807) is 0 Å². The number of aliphatic hydroxyl groups is 1. The topological polar surface area (TPSA) is 55.5 Å². The highest BCUT2D eigenvalue weighted by atomic mass is 16.5. The fourth-order valence-corrected chi connectivity index (χ4v) is 2.77. The minimum absolute atomic E-state index is 0.0893. The van der Waals surface area contributed by atoms with Crippen molar-refractivity contribution in [2.24, 2.45) is 5.73 Å². The van der Waals surface area contributed by atoms with Crippen LogP contribution in [0.25, 0.3) is 0 Å². The first-order chi connectivity index (χ1) is 8.32. The monoisotopic (exact) mass is 235 g/mol. The number of rotatable bonds is 6. The van der Waals surface area contributed by atoms with Gasteiger partial charge in [0.25, 0.3) is 0 Å². The number of hydrogen-bond acceptors (Lipinski definition) is 3. The molecule has 0 aromatic heterocycles. The molecular weight excluding hydrogens is 214 g/mol. The molecule has 1 unspecified atom stereocenters. The van der Waals surface area contributed by atoms with Gasteiger partial charge in [-0.25, -0.2) is 0 Å². The molecule has 1 aliphatic carbocycles. The van der Waals surface area contributed by atoms with Crippen LogP contribution in [0.2, 0.25) is 0 Å². The van der Waals surface area contributed by atoms with Crippen LogP contribution in [0.4, 0.5) is 0 Å². The minimum atomic E-state index is 0.0893. The van der Waals surface area contributed by atoms with E-state index in [2.05, 4.69) is 24.3 Å². The van der Waals surface area contributed by atoms with Gasteiger partial charge in [0.15, 0.2) is 0 Å². The molecular formula is C14H21NO2. The number of aliphatic hydroxyl groups excluding tert-OH is 1. The van der Waals surface area contributed by atoms with Gasteiger partial charge in [0, 0.05) is 18.6 Å². The van der Waals surface area contributed by atoms with E-state index in [9.17, 15) is 0 Å². The summed E-state index contributed by atoms with van der Waals surface area (Å²) >= 11 is 0. The van der Waals surface area contributed by atoms with Crippen LogP contribution in [0, 0.1) is 0 Å². The Kier molecular flexibility index (Phi) is 4.15. The maximum absolute atomic E-state index is 8.69. The third-order valence-corrected chi connectivity index (χ3v) is 3.81. The first kappa shape index (κ1) is 12.6. The van der Waals surface area contributed by atoms with Gasteiger partial charge < -0.3 is 15.6 Å². The highest BCUT2D eigenvalue weighted by Crippen LogP contribution is 2.40. The second-order valence-corrected chi connectivity index (χ2v) is 4.73. The SMILES string of the molecule is NCC1(CCOCCO)CCc2ccccc21. The van der Waals surface area contributed by atoms with Crippen molar-refractivity contribution in [1.82, 2.24) is 0 Å². The molecule has 17 heavy (non-hydrogen) atoms. The summed E-state index contributed by atoms with van der Waals surface area (Å²) in [5, 5.41) is 8.69. The molecule has 0 fully saturated rings. The molecule has 0 amide bonds. The van der Waals surface area contributed by atoms with E-state index in [-0.39, 0.29) is 12.0 Å². The Morgan fingerprint density at radius 1 is 1.29 bits per heavy atom. The summed E-state index contributed by atoms with van der Waals surface area (Å²) in [5.41, 5.74) is 8.91. The van der Waals surface area contributed by atoms with E-state index in [4.69, 9.17) is 15.6 Å². The normalized spacial score (nSPS) is 22.7. The quantitative estimate of drug-likeness (QED) is 0.729. The Hall–Kier alpha value is -0.900. The minimum Gasteiger partial charge on any atom is -0.394 e. The van der Waals surface area contributed by atoms with Gasteiger partial charge in [0.1, 0.15) is 0 Å². The highest BCUT2D eigenvalue weighted by Gasteiger charge is 2.36. The van der Waals surface area contributed by atoms with E-state index in [0.717, 1.165) is 19.3 Å². The molecule has 1 aromatic rings. The van der Waals surface area contributed by atoms with Crippen LogP contribution in [-0.2, 0) is 16.6 Å². The van der Waals surface area contributed by atoms with Gasteiger partial charge in [-0.1, -0.05) is 24.3 Å². The molecule has 1 aromatic carbocycles. The van der Waals surface area contributed by atoms with Crippen molar-refractivity contribution < 1.29 is 9.84 Å². The number of ether oxygens (including phenoxy) is 1. The van der Waals surface area contributed by atoms with Crippen molar-refractivity contribution in [3.05, 3.63) is 35.4 Å². The van der Waals surface area contributed by atoms with Crippen LogP contribution in [0.5, 0.6) is 0 Å². The molecule has 0 heterocycles. The van der Waals surface area contributed by atoms with Crippen LogP contribution < -0.4 is 5.73 Å². The summed E-state index contributed by atoms with van der Waals surface area (Å²) in [6, 6.07) is 8.57. The molecule has 0 saturated carbocycles. The fraction of sp³-hybridized carbons (Fsp3) is 0.571. The van der Waals surface area contributed by atoms with Crippen molar-refractivity contribution in [3.63, 3.8) is 0 Å². The third-order valence-electron chi connectivity index (χ3n) is 3.81. The van der Waals surface area contributed by atoms with Crippen LogP contribution in [-0.4, -0.2) is 31.5 Å². The van der Waals surface area contributed by atoms with Crippen LogP contribution in [0.1, 0.15) is 24.0 Å². The molecule has 3 nitrogen and oxygen atoms in total. The van der Waals surface area contributed by atoms with Crippen molar-refractivity contribution >= 4 is 0 Å². The van der Waals surface area contributed by atoms with Crippen molar-refractivity contribution in [2.75, 3.05) is 26.4 Å². The lowest BCUT2D eigenvalue weighted by Gasteiger charge is -2.28. The summed E-state index contributed by atoms with van der Waals surface area (Å²) in [7, 11) is 0. The van der Waals surface area contributed by atoms with Gasteiger partial charge in [-0.2, -0.15) is 0 Å². The fourth-order valence-electron chi connectivity index (χ4n) is 2.77. The molecule has 3 N–H and O–H groups in total. The third kappa shape index (κ3) is 2.51. The number of fused-ring (bicyclic) bond motifs is 1. The summed E-state index contributed by atoms with van der Waals surface area (Å²) in [4.78, 5) is 0. The molecule has 0 bridgehead atoms. The molecule has 2 rings (SSSR count). The first-order valence-electron chi connectivity index (χ1n) is 6.29. The van der Waals surface area contributed by atoms with Gasteiger partial charge in [0.05, 0.1) is 13.2 Å². The lowest BCUT2D eigenvalue weighted by Crippen LogP contribution is -2.34. The zero-order valence-corrected chi connectivity index (χ0v) is 10.2. The Balaban J connectivity index is 2.06. The summed E-state index contributed by atoms with van der Waals surface area (Å²) < 4.78 is 5.38. The average Bonchev–Trinajstić information content (AvgIpc) is 2.75. The molecule has 3 heteroatoms. The van der Waals surface area contributed by atoms with E-state index < -0.39 is 0 Å². The van der Waals surface area contributed by atoms with Gasteiger partial charge in [-0.05, 0) is 30.4 Å². The van der Waals surface area contributed by atoms with Crippen molar-refractivity contribution in [1.29, 1.82) is 0 Å². The maximum Gasteiger partial charge on any atom is 0.0697 e. The number of aryl methyl sites for hydroxylation is 1. The zero-order valence-electron chi connectivity index (χ0n) is 10.2. The molecule has 94 valence electrons. The predicted molar refractivity (Wildman–Crippen MR) is 68.0 cm³/mol. The summed E-state index contributed by atoms with van der Waals surface area (Å²) in [6.07, 6.45) is 3.18. The van der Waals surface area contributed by atoms with Gasteiger partial charge in [-0.15, -0.1) is 0 Å². The Morgan fingerprint density at radius 3 is 2.88 bits per heavy atom. The van der Waals surface area contributed by atoms with Gasteiger partial charge in [0.2, 0.25) is 0 Å². The van der Waals surface area contributed by atoms with E-state index in [1.807, 2.05) is 0 Å². The zero-order chi connectivity index (χ0) is 12.1. The Morgan fingerprint density at radius 2 is 2.12 bits per heavy atom. The number of nitrogens with two attached hydrogens (primary N) is 1. The lowest BCUT2D eigenvalue weighted by molar-refractivity contribution is 0.0793. The second kappa shape index (κ2) is 5.63. The Labute approximate surface area is 103 Å². The van der Waals surface area contributed by atoms with Gasteiger partial charge in [-0.3, -0.25) is 0 Å². The van der Waals surface area contributed by atoms with Gasteiger partial charge >= 0.3 is 0 Å². The predicted octanol–water partition coefficient (Wildman–Crippen LogP) is 1.23. The Bertz CT molecular complexity index is 367. The maximum atomic E-state index is 8.69. The van der Waals surface area contributed by atoms with Crippen LogP contribution >= 0.6 is 0 Å². The van der Waals surface area contributed by atoms with E-state index >= 15 is 0 Å². The lowest BCUT2D eigenvalue weighted by atomic mass is 9.79. The van der Waals surface area contributed by atoms with Crippen molar-refractivity contribution in [2.45, 2.75) is 24.7 Å². The molecule has 0 radical (unpaired) electrons. The number of benzene rings is 1. The highest BCUT2D eigenvalue weighted by molar-refractivity contribution is 5.39. The second-order valence-electron chi connectivity index (χ2n) is 4.73. The van der Waals surface area contributed by atoms with Crippen molar-refractivity contribution in [3.8, 4) is 0 Å². The summed E-state index contributed by atoms with van der Waals surface area (Å²) in [5.74, 6) is 0. The summed E-state index contributed by atoms with van der Waals surface area (Å²) in [6.45, 7) is 1.85. The number of hydrogen-bond donors (Lipinski definition) is 2. The smallest absolute Gasteiger partial charge is 0.0697 e. The molecule has 1 aliphatic rings. The first-order valence-corrected chi connectivity index (χ1v) is 6.29. The molecule has 0 spiro atoms. The van der Waals surface area contributed by atoms with Crippen LogP contribution in [0.3, 0.4) is 0 Å². The van der Waals surface area contributed by atoms with E-state index in [1.165, 1.54) is 11.1 Å². The van der Waals surface area contributed by atoms with Crippen LogP contribution in [0.15, 0.2) is 24.3 Å². The standard InChI is InChI=1S/C14H21NO2/c15-11-14(7-9-17-10-8-16)6-5-12-3-1-2-4-13(12)14/h1-4,16H,5-11,15H2. The van der Waals surface area contributed by atoms with E-state index in [0.29, 0.717) is 19.8 Å². The average molecular weight is 235 g/mol. The molecule has 0 aliphatic heterocycles.